The van der Waals surface area contributed by atoms with Crippen LogP contribution in [0.15, 0.2) is 42.1 Å². The molecule has 2 heterocycles. The first kappa shape index (κ1) is 25.8. The van der Waals surface area contributed by atoms with Crippen LogP contribution in [0, 0.1) is 0 Å². The maximum absolute atomic E-state index is 12.8. The number of methoxy groups -OCH3 is 2. The lowest BCUT2D eigenvalue weighted by atomic mass is 9.95. The maximum Gasteiger partial charge on any atom is 0.341 e. The number of nitrogens with zero attached hydrogens (tertiary/aromatic N) is 3. The number of esters is 1. The number of fused-ring (bicyclic) bond motifs is 1. The summed E-state index contributed by atoms with van der Waals surface area (Å²) in [5, 5.41) is 12.5. The highest BCUT2D eigenvalue weighted by Crippen LogP contribution is 2.38. The van der Waals surface area contributed by atoms with Gasteiger partial charge in [0, 0.05) is 11.4 Å². The first-order valence-electron chi connectivity index (χ1n) is 11.5. The summed E-state index contributed by atoms with van der Waals surface area (Å²) in [4.78, 5) is 26.4. The molecule has 0 unspecified atom stereocenters. The van der Waals surface area contributed by atoms with Crippen molar-refractivity contribution >= 4 is 40.0 Å². The number of hydrogen-bond acceptors (Lipinski definition) is 9. The predicted molar refractivity (Wildman–Crippen MR) is 139 cm³/mol. The summed E-state index contributed by atoms with van der Waals surface area (Å²) in [6, 6.07) is 7.27. The summed E-state index contributed by atoms with van der Waals surface area (Å²) < 4.78 is 17.8. The molecule has 0 saturated heterocycles. The van der Waals surface area contributed by atoms with E-state index < -0.39 is 5.97 Å². The number of thiophene rings is 1. The fourth-order valence-corrected chi connectivity index (χ4v) is 5.99. The van der Waals surface area contributed by atoms with Gasteiger partial charge in [-0.25, -0.2) is 4.79 Å². The number of allylic oxidation sites excluding steroid dienone is 1. The summed E-state index contributed by atoms with van der Waals surface area (Å²) in [5.41, 5.74) is 1.50. The Labute approximate surface area is 217 Å². The van der Waals surface area contributed by atoms with Gasteiger partial charge in [0.15, 0.2) is 11.0 Å². The van der Waals surface area contributed by atoms with Crippen molar-refractivity contribution in [2.75, 3.05) is 25.3 Å². The molecule has 190 valence electrons. The molecule has 0 bridgehead atoms. The number of hydrogen-bond donors (Lipinski definition) is 1. The topological polar surface area (TPSA) is 105 Å². The van der Waals surface area contributed by atoms with Crippen molar-refractivity contribution in [1.82, 2.24) is 14.8 Å². The lowest BCUT2D eigenvalue weighted by Crippen LogP contribution is -2.17. The molecule has 0 atom stereocenters. The van der Waals surface area contributed by atoms with E-state index in [1.165, 1.54) is 30.2 Å². The Kier molecular flexibility index (Phi) is 8.65. The van der Waals surface area contributed by atoms with E-state index in [1.54, 1.807) is 13.2 Å². The number of rotatable bonds is 11. The third kappa shape index (κ3) is 5.90. The van der Waals surface area contributed by atoms with Gasteiger partial charge in [-0.15, -0.1) is 28.1 Å². The molecule has 1 amide bonds. The van der Waals surface area contributed by atoms with Gasteiger partial charge in [-0.2, -0.15) is 0 Å². The second kappa shape index (κ2) is 12.1. The van der Waals surface area contributed by atoms with E-state index >= 15 is 0 Å². The molecule has 1 aliphatic rings. The summed E-state index contributed by atoms with van der Waals surface area (Å²) in [6.07, 6.45) is 5.60. The van der Waals surface area contributed by atoms with E-state index in [4.69, 9.17) is 14.2 Å². The van der Waals surface area contributed by atoms with Crippen molar-refractivity contribution in [3.8, 4) is 11.5 Å². The Morgan fingerprint density at radius 3 is 2.64 bits per heavy atom. The van der Waals surface area contributed by atoms with Crippen molar-refractivity contribution in [2.24, 2.45) is 0 Å². The van der Waals surface area contributed by atoms with Crippen LogP contribution in [0.2, 0.25) is 0 Å². The molecule has 0 spiro atoms. The fourth-order valence-electron chi connectivity index (χ4n) is 3.93. The molecule has 11 heteroatoms. The van der Waals surface area contributed by atoms with E-state index in [-0.39, 0.29) is 18.3 Å². The van der Waals surface area contributed by atoms with Crippen LogP contribution in [-0.4, -0.2) is 46.6 Å². The molecule has 4 rings (SSSR count). The van der Waals surface area contributed by atoms with Crippen LogP contribution in [0.1, 0.15) is 39.5 Å². The van der Waals surface area contributed by atoms with Crippen LogP contribution in [-0.2, 0) is 35.5 Å². The van der Waals surface area contributed by atoms with E-state index in [9.17, 15) is 9.59 Å². The smallest absolute Gasteiger partial charge is 0.341 e. The fraction of sp³-hybridized carbons (Fsp3) is 0.360. The van der Waals surface area contributed by atoms with E-state index in [0.29, 0.717) is 33.8 Å². The van der Waals surface area contributed by atoms with Gasteiger partial charge in [0.2, 0.25) is 5.91 Å². The maximum atomic E-state index is 12.8. The number of nitrogens with one attached hydrogen (secondary N) is 1. The second-order valence-corrected chi connectivity index (χ2v) is 10.1. The number of benzene rings is 1. The van der Waals surface area contributed by atoms with Gasteiger partial charge in [0.25, 0.3) is 0 Å². The Hall–Kier alpha value is -3.31. The summed E-state index contributed by atoms with van der Waals surface area (Å²) in [7, 11) is 2.97. The first-order chi connectivity index (χ1) is 17.5. The van der Waals surface area contributed by atoms with Crippen LogP contribution in [0.3, 0.4) is 0 Å². The van der Waals surface area contributed by atoms with Crippen molar-refractivity contribution in [1.29, 1.82) is 0 Å². The zero-order valence-electron chi connectivity index (χ0n) is 20.2. The highest BCUT2D eigenvalue weighted by Gasteiger charge is 2.27. The van der Waals surface area contributed by atoms with Gasteiger partial charge < -0.3 is 19.5 Å². The molecule has 0 radical (unpaired) electrons. The molecular weight excluding hydrogens is 500 g/mol. The summed E-state index contributed by atoms with van der Waals surface area (Å²) >= 11 is 2.73. The van der Waals surface area contributed by atoms with E-state index in [1.807, 2.05) is 28.8 Å². The van der Waals surface area contributed by atoms with Crippen LogP contribution < -0.4 is 14.8 Å². The Morgan fingerprint density at radius 1 is 1.17 bits per heavy atom. The molecule has 0 aliphatic heterocycles. The first-order valence-corrected chi connectivity index (χ1v) is 13.3. The van der Waals surface area contributed by atoms with E-state index in [2.05, 4.69) is 22.1 Å². The predicted octanol–water partition coefficient (Wildman–Crippen LogP) is 4.51. The van der Waals surface area contributed by atoms with Crippen LogP contribution in [0.4, 0.5) is 5.00 Å². The zero-order valence-corrected chi connectivity index (χ0v) is 21.9. The zero-order chi connectivity index (χ0) is 25.5. The van der Waals surface area contributed by atoms with Crippen molar-refractivity contribution in [2.45, 2.75) is 44.0 Å². The minimum absolute atomic E-state index is 0.109. The molecule has 3 aromatic rings. The van der Waals surface area contributed by atoms with Crippen molar-refractivity contribution in [3.05, 3.63) is 58.7 Å². The van der Waals surface area contributed by atoms with Crippen LogP contribution >= 0.6 is 23.1 Å². The number of thioether (sulfide) groups is 1. The van der Waals surface area contributed by atoms with Gasteiger partial charge in [0.1, 0.15) is 23.1 Å². The normalized spacial score (nSPS) is 12.5. The SMILES string of the molecule is C=CCn1c(COc2ccc(OC)cc2)nnc1SCC(=O)Nc1sc2c(c1C(=O)OC)CCCC2. The third-order valence-electron chi connectivity index (χ3n) is 5.68. The summed E-state index contributed by atoms with van der Waals surface area (Å²) in [6.45, 7) is 4.50. The third-order valence-corrected chi connectivity index (χ3v) is 7.85. The second-order valence-electron chi connectivity index (χ2n) is 8.01. The summed E-state index contributed by atoms with van der Waals surface area (Å²) in [5.74, 6) is 1.51. The minimum atomic E-state index is -0.412. The average molecular weight is 529 g/mol. The molecule has 1 N–H and O–H groups in total. The molecule has 0 saturated carbocycles. The number of amides is 1. The minimum Gasteiger partial charge on any atom is -0.497 e. The molecule has 1 aliphatic carbocycles. The van der Waals surface area contributed by atoms with Gasteiger partial charge in [-0.05, 0) is 55.5 Å². The van der Waals surface area contributed by atoms with Gasteiger partial charge >= 0.3 is 5.97 Å². The number of aromatic nitrogens is 3. The Bertz CT molecular complexity index is 1240. The Morgan fingerprint density at radius 2 is 1.92 bits per heavy atom. The average Bonchev–Trinajstić information content (AvgIpc) is 3.46. The molecule has 0 fully saturated rings. The standard InChI is InChI=1S/C25H28N4O5S2/c1-4-13-29-20(14-34-17-11-9-16(32-2)10-12-17)27-28-25(29)35-15-21(30)26-23-22(24(31)33-3)18-7-5-6-8-19(18)36-23/h4,9-12H,1,5-8,13-15H2,2-3H3,(H,26,30). The number of ether oxygens (including phenoxy) is 3. The quantitative estimate of drug-likeness (QED) is 0.220. The lowest BCUT2D eigenvalue weighted by Gasteiger charge is -2.11. The van der Waals surface area contributed by atoms with Gasteiger partial charge in [-0.1, -0.05) is 17.8 Å². The van der Waals surface area contributed by atoms with Crippen LogP contribution in [0.5, 0.6) is 11.5 Å². The van der Waals surface area contributed by atoms with E-state index in [0.717, 1.165) is 41.9 Å². The number of carbonyl (C=O) groups excluding carboxylic acids is 2. The van der Waals surface area contributed by atoms with Crippen molar-refractivity contribution < 1.29 is 23.8 Å². The highest BCUT2D eigenvalue weighted by atomic mass is 32.2. The molecule has 2 aromatic heterocycles. The number of anilines is 1. The molecule has 9 nitrogen and oxygen atoms in total. The monoisotopic (exact) mass is 528 g/mol. The highest BCUT2D eigenvalue weighted by molar-refractivity contribution is 7.99. The number of carbonyl (C=O) groups is 2. The van der Waals surface area contributed by atoms with Gasteiger partial charge in [0.05, 0.1) is 25.5 Å². The largest absolute Gasteiger partial charge is 0.497 e. The Balaban J connectivity index is 1.41. The van der Waals surface area contributed by atoms with Crippen LogP contribution in [0.25, 0.3) is 0 Å². The van der Waals surface area contributed by atoms with Crippen molar-refractivity contribution in [3.63, 3.8) is 0 Å². The van der Waals surface area contributed by atoms with Gasteiger partial charge in [-0.3, -0.25) is 9.36 Å². The number of aryl methyl sites for hydroxylation is 1. The molecule has 36 heavy (non-hydrogen) atoms. The molecule has 1 aromatic carbocycles. The molecular formula is C25H28N4O5S2. The lowest BCUT2D eigenvalue weighted by molar-refractivity contribution is -0.113.